The van der Waals surface area contributed by atoms with Crippen LogP contribution < -0.4 is 15.4 Å². The first-order chi connectivity index (χ1) is 16.3. The first kappa shape index (κ1) is 25.1. The van der Waals surface area contributed by atoms with Gasteiger partial charge in [-0.15, -0.1) is 0 Å². The topological polar surface area (TPSA) is 104 Å². The number of para-hydroxylation sites is 1. The predicted octanol–water partition coefficient (Wildman–Crippen LogP) is 4.26. The molecule has 178 valence electrons. The quantitative estimate of drug-likeness (QED) is 0.378. The van der Waals surface area contributed by atoms with Crippen LogP contribution in [0.15, 0.2) is 77.7 Å². The largest absolute Gasteiger partial charge is 0.348 e. The molecule has 3 aromatic rings. The van der Waals surface area contributed by atoms with E-state index in [1.54, 1.807) is 24.3 Å². The van der Waals surface area contributed by atoms with Crippen molar-refractivity contribution in [1.82, 2.24) is 10.0 Å². The van der Waals surface area contributed by atoms with Crippen molar-refractivity contribution in [1.29, 1.82) is 0 Å². The average molecular weight is 480 g/mol. The highest BCUT2D eigenvalue weighted by molar-refractivity contribution is 7.89. The molecule has 0 fully saturated rings. The number of carbonyl (C=O) groups excluding carboxylic acids is 2. The molecule has 0 radical (unpaired) electrons. The second-order valence-corrected chi connectivity index (χ2v) is 9.71. The van der Waals surface area contributed by atoms with Crippen molar-refractivity contribution in [2.75, 3.05) is 11.9 Å². The number of sulfonamides is 1. The van der Waals surface area contributed by atoms with Gasteiger partial charge in [0.1, 0.15) is 0 Å². The van der Waals surface area contributed by atoms with Crippen LogP contribution in [0.3, 0.4) is 0 Å². The summed E-state index contributed by atoms with van der Waals surface area (Å²) in [6.45, 7) is 4.65. The minimum Gasteiger partial charge on any atom is -0.348 e. The highest BCUT2D eigenvalue weighted by Gasteiger charge is 2.18. The molecule has 8 heteroatoms. The Kier molecular flexibility index (Phi) is 8.56. The zero-order valence-electron chi connectivity index (χ0n) is 19.3. The van der Waals surface area contributed by atoms with E-state index in [4.69, 9.17) is 0 Å². The van der Waals surface area contributed by atoms with Crippen LogP contribution in [-0.4, -0.2) is 26.8 Å². The zero-order chi connectivity index (χ0) is 24.6. The lowest BCUT2D eigenvalue weighted by Gasteiger charge is -2.12. The SMILES string of the molecule is CCCCNS(=O)(=O)c1cccc(C(=O)Nc2ccccc2C(=O)NCc2ccc(C)cc2)c1. The van der Waals surface area contributed by atoms with E-state index in [1.165, 1.54) is 24.3 Å². The standard InChI is InChI=1S/C26H29N3O4S/c1-3-4-16-28-34(32,33)22-9-7-8-21(17-22)25(30)29-24-11-6-5-10-23(24)26(31)27-18-20-14-12-19(2)13-15-20/h5-15,17,28H,3-4,16,18H2,1-2H3,(H,27,31)(H,29,30). The number of carbonyl (C=O) groups is 2. The molecule has 7 nitrogen and oxygen atoms in total. The smallest absolute Gasteiger partial charge is 0.255 e. The number of hydrogen-bond donors (Lipinski definition) is 3. The van der Waals surface area contributed by atoms with Crippen molar-refractivity contribution in [2.45, 2.75) is 38.1 Å². The van der Waals surface area contributed by atoms with Gasteiger partial charge in [0.25, 0.3) is 11.8 Å². The Bertz CT molecular complexity index is 1260. The molecule has 0 bridgehead atoms. The summed E-state index contributed by atoms with van der Waals surface area (Å²) in [6.07, 6.45) is 1.59. The molecule has 0 saturated carbocycles. The van der Waals surface area contributed by atoms with Crippen molar-refractivity contribution >= 4 is 27.5 Å². The Morgan fingerprint density at radius 3 is 2.35 bits per heavy atom. The summed E-state index contributed by atoms with van der Waals surface area (Å²) >= 11 is 0. The van der Waals surface area contributed by atoms with Crippen molar-refractivity contribution < 1.29 is 18.0 Å². The Morgan fingerprint density at radius 2 is 1.62 bits per heavy atom. The molecule has 3 aromatic carbocycles. The number of hydrogen-bond acceptors (Lipinski definition) is 4. The number of amides is 2. The van der Waals surface area contributed by atoms with Gasteiger partial charge in [-0.3, -0.25) is 9.59 Å². The summed E-state index contributed by atoms with van der Waals surface area (Å²) in [7, 11) is -3.71. The monoisotopic (exact) mass is 479 g/mol. The lowest BCUT2D eigenvalue weighted by Crippen LogP contribution is -2.26. The number of nitrogens with one attached hydrogen (secondary N) is 3. The van der Waals surface area contributed by atoms with Crippen LogP contribution in [0.2, 0.25) is 0 Å². The molecule has 0 heterocycles. The highest BCUT2D eigenvalue weighted by atomic mass is 32.2. The number of aryl methyl sites for hydroxylation is 1. The molecule has 0 aliphatic rings. The number of anilines is 1. The van der Waals surface area contributed by atoms with Gasteiger partial charge >= 0.3 is 0 Å². The van der Waals surface area contributed by atoms with Crippen LogP contribution >= 0.6 is 0 Å². The molecule has 3 N–H and O–H groups in total. The molecule has 0 atom stereocenters. The Labute approximate surface area is 200 Å². The van der Waals surface area contributed by atoms with Crippen LogP contribution in [0.1, 0.15) is 51.6 Å². The third-order valence-corrected chi connectivity index (χ3v) is 6.68. The number of unbranched alkanes of at least 4 members (excludes halogenated alkanes) is 1. The molecule has 34 heavy (non-hydrogen) atoms. The first-order valence-corrected chi connectivity index (χ1v) is 12.6. The minimum atomic E-state index is -3.71. The summed E-state index contributed by atoms with van der Waals surface area (Å²) in [4.78, 5) is 25.7. The van der Waals surface area contributed by atoms with E-state index in [1.807, 2.05) is 38.1 Å². The minimum absolute atomic E-state index is 0.0142. The van der Waals surface area contributed by atoms with Crippen molar-refractivity contribution in [3.8, 4) is 0 Å². The predicted molar refractivity (Wildman–Crippen MR) is 133 cm³/mol. The molecule has 0 saturated heterocycles. The molecule has 0 unspecified atom stereocenters. The third kappa shape index (κ3) is 6.76. The molecule has 3 rings (SSSR count). The van der Waals surface area contributed by atoms with Gasteiger partial charge in [-0.05, 0) is 49.2 Å². The first-order valence-electron chi connectivity index (χ1n) is 11.1. The average Bonchev–Trinajstić information content (AvgIpc) is 2.84. The summed E-state index contributed by atoms with van der Waals surface area (Å²) in [6, 6.07) is 20.3. The van der Waals surface area contributed by atoms with Gasteiger partial charge < -0.3 is 10.6 Å². The van der Waals surface area contributed by atoms with Crippen molar-refractivity contribution in [3.05, 3.63) is 95.1 Å². The van der Waals surface area contributed by atoms with E-state index in [0.717, 1.165) is 24.0 Å². The normalized spacial score (nSPS) is 11.1. The molecule has 0 spiro atoms. The van der Waals surface area contributed by atoms with Crippen LogP contribution in [0.4, 0.5) is 5.69 Å². The van der Waals surface area contributed by atoms with E-state index in [9.17, 15) is 18.0 Å². The van der Waals surface area contributed by atoms with E-state index < -0.39 is 15.9 Å². The Balaban J connectivity index is 1.72. The Morgan fingerprint density at radius 1 is 0.882 bits per heavy atom. The van der Waals surface area contributed by atoms with Crippen molar-refractivity contribution in [3.63, 3.8) is 0 Å². The summed E-state index contributed by atoms with van der Waals surface area (Å²) in [5.41, 5.74) is 2.92. The lowest BCUT2D eigenvalue weighted by molar-refractivity contribution is 0.0951. The highest BCUT2D eigenvalue weighted by Crippen LogP contribution is 2.18. The zero-order valence-corrected chi connectivity index (χ0v) is 20.1. The van der Waals surface area contributed by atoms with E-state index >= 15 is 0 Å². The van der Waals surface area contributed by atoms with Gasteiger partial charge in [0.05, 0.1) is 16.1 Å². The van der Waals surface area contributed by atoms with E-state index in [-0.39, 0.29) is 16.4 Å². The Hall–Kier alpha value is -3.49. The van der Waals surface area contributed by atoms with Crippen LogP contribution in [0.25, 0.3) is 0 Å². The fraction of sp³-hybridized carbons (Fsp3) is 0.231. The summed E-state index contributed by atoms with van der Waals surface area (Å²) < 4.78 is 27.5. The summed E-state index contributed by atoms with van der Waals surface area (Å²) in [5.74, 6) is -0.836. The van der Waals surface area contributed by atoms with Gasteiger partial charge in [-0.25, -0.2) is 13.1 Å². The fourth-order valence-electron chi connectivity index (χ4n) is 3.24. The van der Waals surface area contributed by atoms with Crippen LogP contribution in [-0.2, 0) is 16.6 Å². The van der Waals surface area contributed by atoms with Crippen molar-refractivity contribution in [2.24, 2.45) is 0 Å². The molecular formula is C26H29N3O4S. The van der Waals surface area contributed by atoms with Crippen LogP contribution in [0, 0.1) is 6.92 Å². The molecule has 0 aliphatic carbocycles. The van der Waals surface area contributed by atoms with E-state index in [0.29, 0.717) is 24.3 Å². The molecular weight excluding hydrogens is 450 g/mol. The lowest BCUT2D eigenvalue weighted by atomic mass is 10.1. The maximum absolute atomic E-state index is 12.9. The second-order valence-electron chi connectivity index (χ2n) is 7.95. The fourth-order valence-corrected chi connectivity index (χ4v) is 4.36. The van der Waals surface area contributed by atoms with Gasteiger partial charge in [0, 0.05) is 18.7 Å². The second kappa shape index (κ2) is 11.6. The van der Waals surface area contributed by atoms with Gasteiger partial charge in [-0.2, -0.15) is 0 Å². The van der Waals surface area contributed by atoms with Gasteiger partial charge in [-0.1, -0.05) is 61.4 Å². The molecule has 2 amide bonds. The van der Waals surface area contributed by atoms with Gasteiger partial charge in [0.15, 0.2) is 0 Å². The van der Waals surface area contributed by atoms with Gasteiger partial charge in [0.2, 0.25) is 10.0 Å². The molecule has 0 aromatic heterocycles. The number of benzene rings is 3. The summed E-state index contributed by atoms with van der Waals surface area (Å²) in [5, 5.41) is 5.59. The van der Waals surface area contributed by atoms with Crippen LogP contribution in [0.5, 0.6) is 0 Å². The third-order valence-electron chi connectivity index (χ3n) is 5.22. The maximum Gasteiger partial charge on any atom is 0.255 e. The van der Waals surface area contributed by atoms with E-state index in [2.05, 4.69) is 15.4 Å². The maximum atomic E-state index is 12.9. The molecule has 0 aliphatic heterocycles. The number of rotatable bonds is 10.